The monoisotopic (exact) mass is 332 g/mol. The topological polar surface area (TPSA) is 67.9 Å². The fourth-order valence-electron chi connectivity index (χ4n) is 2.86. The van der Waals surface area contributed by atoms with Gasteiger partial charge in [-0.1, -0.05) is 12.2 Å². The van der Waals surface area contributed by atoms with Crippen molar-refractivity contribution in [1.82, 2.24) is 10.2 Å². The van der Waals surface area contributed by atoms with E-state index in [1.165, 1.54) is 0 Å². The van der Waals surface area contributed by atoms with Crippen LogP contribution in [0.15, 0.2) is 18.2 Å². The van der Waals surface area contributed by atoms with Crippen molar-refractivity contribution < 1.29 is 19.1 Å². The quantitative estimate of drug-likeness (QED) is 0.896. The average molecular weight is 332 g/mol. The first kappa shape index (κ1) is 17.8. The highest BCUT2D eigenvalue weighted by molar-refractivity contribution is 5.96. The number of nitrogens with one attached hydrogen (secondary N) is 1. The van der Waals surface area contributed by atoms with E-state index in [4.69, 9.17) is 9.47 Å². The van der Waals surface area contributed by atoms with E-state index in [2.05, 4.69) is 5.32 Å². The molecule has 1 aromatic rings. The predicted octanol–water partition coefficient (Wildman–Crippen LogP) is 2.09. The standard InChI is InChI=1S/C18H24N2O4/c1-5-6-13-9-14(10-16(23-3)17(13)24-4)18(22)19-15-7-8-20(11-15)12(2)21/h5-6,9-10,15H,7-8,11H2,1-4H3,(H,19,22)/b6-5+. The fourth-order valence-corrected chi connectivity index (χ4v) is 2.86. The number of rotatable bonds is 5. The maximum absolute atomic E-state index is 12.6. The van der Waals surface area contributed by atoms with Crippen molar-refractivity contribution in [2.75, 3.05) is 27.3 Å². The Morgan fingerprint density at radius 2 is 2.04 bits per heavy atom. The Kier molecular flexibility index (Phi) is 5.84. The number of ether oxygens (including phenoxy) is 2. The van der Waals surface area contributed by atoms with E-state index in [9.17, 15) is 9.59 Å². The number of benzene rings is 1. The normalized spacial score (nSPS) is 17.2. The molecule has 1 atom stereocenters. The largest absolute Gasteiger partial charge is 0.493 e. The van der Waals surface area contributed by atoms with Crippen molar-refractivity contribution in [2.24, 2.45) is 0 Å². The molecule has 24 heavy (non-hydrogen) atoms. The molecule has 1 saturated heterocycles. The maximum Gasteiger partial charge on any atom is 0.251 e. The third-order valence-corrected chi connectivity index (χ3v) is 4.08. The summed E-state index contributed by atoms with van der Waals surface area (Å²) in [5.74, 6) is 0.955. The Balaban J connectivity index is 2.20. The van der Waals surface area contributed by atoms with Crippen LogP contribution in [0.4, 0.5) is 0 Å². The van der Waals surface area contributed by atoms with Crippen LogP contribution in [0.25, 0.3) is 6.08 Å². The molecule has 1 aliphatic rings. The molecule has 1 aromatic carbocycles. The molecule has 1 fully saturated rings. The first-order chi connectivity index (χ1) is 11.5. The second-order valence-corrected chi connectivity index (χ2v) is 5.73. The zero-order valence-electron chi connectivity index (χ0n) is 14.6. The van der Waals surface area contributed by atoms with Crippen LogP contribution in [0.2, 0.25) is 0 Å². The molecule has 1 N–H and O–H groups in total. The average Bonchev–Trinajstić information content (AvgIpc) is 3.03. The summed E-state index contributed by atoms with van der Waals surface area (Å²) in [5.41, 5.74) is 1.28. The van der Waals surface area contributed by atoms with Crippen molar-refractivity contribution in [1.29, 1.82) is 0 Å². The Hall–Kier alpha value is -2.50. The first-order valence-electron chi connectivity index (χ1n) is 7.95. The molecule has 1 unspecified atom stereocenters. The lowest BCUT2D eigenvalue weighted by Gasteiger charge is -2.16. The second-order valence-electron chi connectivity index (χ2n) is 5.73. The van der Waals surface area contributed by atoms with Gasteiger partial charge < -0.3 is 19.7 Å². The summed E-state index contributed by atoms with van der Waals surface area (Å²) in [7, 11) is 3.11. The minimum atomic E-state index is -0.183. The Morgan fingerprint density at radius 3 is 2.58 bits per heavy atom. The molecule has 2 rings (SSSR count). The van der Waals surface area contributed by atoms with Gasteiger partial charge in [-0.2, -0.15) is 0 Å². The molecule has 2 amide bonds. The summed E-state index contributed by atoms with van der Waals surface area (Å²) in [6.45, 7) is 4.67. The van der Waals surface area contributed by atoms with E-state index in [1.807, 2.05) is 19.1 Å². The van der Waals surface area contributed by atoms with E-state index in [1.54, 1.807) is 38.2 Å². The number of allylic oxidation sites excluding steroid dienone is 1. The minimum absolute atomic E-state index is 0.0281. The number of hydrogen-bond acceptors (Lipinski definition) is 4. The summed E-state index contributed by atoms with van der Waals surface area (Å²) in [6, 6.07) is 3.41. The zero-order valence-corrected chi connectivity index (χ0v) is 14.6. The molecule has 0 bridgehead atoms. The van der Waals surface area contributed by atoms with Crippen LogP contribution >= 0.6 is 0 Å². The Labute approximate surface area is 142 Å². The van der Waals surface area contributed by atoms with Crippen LogP contribution < -0.4 is 14.8 Å². The third kappa shape index (κ3) is 3.88. The number of hydrogen-bond donors (Lipinski definition) is 1. The van der Waals surface area contributed by atoms with Gasteiger partial charge in [0, 0.05) is 37.2 Å². The molecule has 0 spiro atoms. The van der Waals surface area contributed by atoms with Crippen molar-refractivity contribution in [3.05, 3.63) is 29.3 Å². The molecule has 6 heteroatoms. The van der Waals surface area contributed by atoms with Crippen LogP contribution in [0.5, 0.6) is 11.5 Å². The zero-order chi connectivity index (χ0) is 17.7. The van der Waals surface area contributed by atoms with Gasteiger partial charge in [-0.15, -0.1) is 0 Å². The highest BCUT2D eigenvalue weighted by Gasteiger charge is 2.26. The van der Waals surface area contributed by atoms with Gasteiger partial charge in [0.1, 0.15) is 0 Å². The van der Waals surface area contributed by atoms with Crippen LogP contribution in [-0.2, 0) is 4.79 Å². The maximum atomic E-state index is 12.6. The molecule has 1 heterocycles. The SMILES string of the molecule is C/C=C/c1cc(C(=O)NC2CCN(C(C)=O)C2)cc(OC)c1OC. The van der Waals surface area contributed by atoms with E-state index < -0.39 is 0 Å². The molecule has 0 saturated carbocycles. The third-order valence-electron chi connectivity index (χ3n) is 4.08. The highest BCUT2D eigenvalue weighted by atomic mass is 16.5. The summed E-state index contributed by atoms with van der Waals surface area (Å²) in [6.07, 6.45) is 4.51. The number of carbonyl (C=O) groups is 2. The summed E-state index contributed by atoms with van der Waals surface area (Å²) < 4.78 is 10.7. The van der Waals surface area contributed by atoms with E-state index in [0.29, 0.717) is 30.2 Å². The summed E-state index contributed by atoms with van der Waals surface area (Å²) in [4.78, 5) is 25.7. The van der Waals surface area contributed by atoms with E-state index in [-0.39, 0.29) is 17.9 Å². The lowest BCUT2D eigenvalue weighted by molar-refractivity contribution is -0.127. The van der Waals surface area contributed by atoms with Gasteiger partial charge in [0.05, 0.1) is 14.2 Å². The predicted molar refractivity (Wildman–Crippen MR) is 92.4 cm³/mol. The Bertz CT molecular complexity index is 655. The fraction of sp³-hybridized carbons (Fsp3) is 0.444. The lowest BCUT2D eigenvalue weighted by atomic mass is 10.1. The molecule has 1 aliphatic heterocycles. The van der Waals surface area contributed by atoms with E-state index in [0.717, 1.165) is 12.0 Å². The Morgan fingerprint density at radius 1 is 1.29 bits per heavy atom. The molecular weight excluding hydrogens is 308 g/mol. The van der Waals surface area contributed by atoms with Gasteiger partial charge in [-0.3, -0.25) is 9.59 Å². The van der Waals surface area contributed by atoms with Gasteiger partial charge in [0.25, 0.3) is 5.91 Å². The van der Waals surface area contributed by atoms with Crippen molar-refractivity contribution in [3.8, 4) is 11.5 Å². The molecular formula is C18H24N2O4. The highest BCUT2D eigenvalue weighted by Crippen LogP contribution is 2.33. The number of carbonyl (C=O) groups excluding carboxylic acids is 2. The van der Waals surface area contributed by atoms with Crippen molar-refractivity contribution in [2.45, 2.75) is 26.3 Å². The number of methoxy groups -OCH3 is 2. The van der Waals surface area contributed by atoms with Gasteiger partial charge in [-0.25, -0.2) is 0 Å². The number of amides is 2. The van der Waals surface area contributed by atoms with Crippen LogP contribution in [0.3, 0.4) is 0 Å². The van der Waals surface area contributed by atoms with Gasteiger partial charge in [0.15, 0.2) is 11.5 Å². The lowest BCUT2D eigenvalue weighted by Crippen LogP contribution is -2.38. The minimum Gasteiger partial charge on any atom is -0.493 e. The number of likely N-dealkylation sites (tertiary alicyclic amines) is 1. The van der Waals surface area contributed by atoms with Crippen LogP contribution in [0.1, 0.15) is 36.2 Å². The number of nitrogens with zero attached hydrogens (tertiary/aromatic N) is 1. The van der Waals surface area contributed by atoms with Crippen molar-refractivity contribution >= 4 is 17.9 Å². The first-order valence-corrected chi connectivity index (χ1v) is 7.95. The summed E-state index contributed by atoms with van der Waals surface area (Å²) >= 11 is 0. The molecule has 0 aliphatic carbocycles. The van der Waals surface area contributed by atoms with Crippen molar-refractivity contribution in [3.63, 3.8) is 0 Å². The van der Waals surface area contributed by atoms with Gasteiger partial charge >= 0.3 is 0 Å². The molecule has 0 aromatic heterocycles. The van der Waals surface area contributed by atoms with Crippen LogP contribution in [-0.4, -0.2) is 50.1 Å². The smallest absolute Gasteiger partial charge is 0.251 e. The second kappa shape index (κ2) is 7.86. The molecule has 130 valence electrons. The molecule has 0 radical (unpaired) electrons. The summed E-state index contributed by atoms with van der Waals surface area (Å²) in [5, 5.41) is 2.98. The van der Waals surface area contributed by atoms with Gasteiger partial charge in [-0.05, 0) is 25.5 Å². The van der Waals surface area contributed by atoms with E-state index >= 15 is 0 Å². The van der Waals surface area contributed by atoms with Crippen LogP contribution in [0, 0.1) is 0 Å². The molecule has 6 nitrogen and oxygen atoms in total. The van der Waals surface area contributed by atoms with Gasteiger partial charge in [0.2, 0.25) is 5.91 Å².